The molecule has 1 atom stereocenters. The molecule has 0 aromatic heterocycles. The number of ketones is 1. The van der Waals surface area contributed by atoms with Crippen LogP contribution in [0, 0.1) is 5.92 Å². The van der Waals surface area contributed by atoms with Crippen molar-refractivity contribution in [2.75, 3.05) is 118 Å². The topological polar surface area (TPSA) is 128 Å². The molecule has 0 rings (SSSR count). The fourth-order valence-electron chi connectivity index (χ4n) is 2.87. The Bertz CT molecular complexity index is 525. The minimum absolute atomic E-state index is 0.0473. The quantitative estimate of drug-likeness (QED) is 0.119. The van der Waals surface area contributed by atoms with Gasteiger partial charge in [0.2, 0.25) is 0 Å². The number of unbranched alkanes of at least 4 members (excludes halogenated alkanes) is 1. The van der Waals surface area contributed by atoms with Crippen LogP contribution in [0.2, 0.25) is 0 Å². The summed E-state index contributed by atoms with van der Waals surface area (Å²) in [6, 6.07) is 0. The van der Waals surface area contributed by atoms with Gasteiger partial charge in [-0.25, -0.2) is 0 Å². The fraction of sp³-hybridized carbons (Fsp3) is 0.923. The van der Waals surface area contributed by atoms with E-state index in [-0.39, 0.29) is 25.2 Å². The second-order valence-corrected chi connectivity index (χ2v) is 9.15. The van der Waals surface area contributed by atoms with Gasteiger partial charge in [0.1, 0.15) is 5.78 Å². The van der Waals surface area contributed by atoms with Crippen molar-refractivity contribution in [2.24, 2.45) is 5.92 Å². The molecular weight excluding hydrogens is 520 g/mol. The molecule has 0 unspecified atom stereocenters. The van der Waals surface area contributed by atoms with Crippen molar-refractivity contribution in [2.45, 2.75) is 32.6 Å². The van der Waals surface area contributed by atoms with Gasteiger partial charge >= 0.3 is 5.97 Å². The Hall–Kier alpha value is -0.830. The van der Waals surface area contributed by atoms with Crippen LogP contribution in [0.4, 0.5) is 0 Å². The van der Waals surface area contributed by atoms with Crippen molar-refractivity contribution in [3.05, 3.63) is 0 Å². The number of rotatable bonds is 32. The number of carbonyl (C=O) groups is 2. The van der Waals surface area contributed by atoms with Crippen molar-refractivity contribution >= 4 is 23.5 Å². The smallest absolute Gasteiger partial charge is 0.307 e. The predicted molar refractivity (Wildman–Crippen MR) is 145 cm³/mol. The Morgan fingerprint density at radius 3 is 1.26 bits per heavy atom. The van der Waals surface area contributed by atoms with Crippen LogP contribution >= 0.6 is 11.8 Å². The van der Waals surface area contributed by atoms with Gasteiger partial charge < -0.3 is 43.0 Å². The summed E-state index contributed by atoms with van der Waals surface area (Å²) in [7, 11) is 0. The first kappa shape index (κ1) is 37.2. The van der Waals surface area contributed by atoms with Crippen LogP contribution in [0.5, 0.6) is 0 Å². The third-order valence-corrected chi connectivity index (χ3v) is 5.70. The van der Waals surface area contributed by atoms with E-state index in [1.807, 2.05) is 6.26 Å². The number of thioether (sulfide) groups is 1. The number of hydrogen-bond donors (Lipinski definition) is 1. The number of carboxylic acids is 1. The molecule has 226 valence electrons. The first-order valence-corrected chi connectivity index (χ1v) is 14.9. The van der Waals surface area contributed by atoms with Crippen LogP contribution < -0.4 is 0 Å². The standard InChI is InChI=1S/C26H50O11S/c1-3-4-6-30-8-10-32-12-14-34-16-18-36-20-21-37-19-17-35-15-13-33-11-9-31-7-5-25(27)22-24(23-38-2)26(28)29/h24H,3-23H2,1-2H3,(H,28,29)/t24-/m0/s1. The van der Waals surface area contributed by atoms with E-state index >= 15 is 0 Å². The Kier molecular flexibility index (Phi) is 30.0. The monoisotopic (exact) mass is 570 g/mol. The molecule has 0 bridgehead atoms. The van der Waals surface area contributed by atoms with Gasteiger partial charge in [-0.05, 0) is 12.7 Å². The first-order valence-electron chi connectivity index (χ1n) is 13.5. The maximum absolute atomic E-state index is 11.8. The molecule has 0 saturated carbocycles. The van der Waals surface area contributed by atoms with Gasteiger partial charge in [0.05, 0.1) is 105 Å². The zero-order valence-electron chi connectivity index (χ0n) is 23.4. The summed E-state index contributed by atoms with van der Waals surface area (Å²) < 4.78 is 43.3. The summed E-state index contributed by atoms with van der Waals surface area (Å²) in [5, 5.41) is 9.08. The van der Waals surface area contributed by atoms with E-state index in [9.17, 15) is 9.59 Å². The SMILES string of the molecule is CCCCOCCOCCOCCOCCOCCOCCOCCOCCC(=O)C[C@@H](CSC)C(=O)O. The van der Waals surface area contributed by atoms with Crippen LogP contribution in [0.15, 0.2) is 0 Å². The molecule has 0 aromatic rings. The highest BCUT2D eigenvalue weighted by Gasteiger charge is 2.20. The highest BCUT2D eigenvalue weighted by molar-refractivity contribution is 7.98. The summed E-state index contributed by atoms with van der Waals surface area (Å²) in [5.74, 6) is -1.23. The number of Topliss-reactive ketones (excluding diaryl/α,β-unsaturated/α-hetero) is 1. The highest BCUT2D eigenvalue weighted by Crippen LogP contribution is 2.12. The van der Waals surface area contributed by atoms with Crippen LogP contribution in [-0.4, -0.2) is 135 Å². The maximum Gasteiger partial charge on any atom is 0.307 e. The van der Waals surface area contributed by atoms with E-state index < -0.39 is 11.9 Å². The lowest BCUT2D eigenvalue weighted by molar-refractivity contribution is -0.143. The Balaban J connectivity index is 3.20. The van der Waals surface area contributed by atoms with Crippen molar-refractivity contribution in [3.8, 4) is 0 Å². The van der Waals surface area contributed by atoms with Gasteiger partial charge in [0, 0.05) is 25.2 Å². The maximum atomic E-state index is 11.8. The molecule has 0 radical (unpaired) electrons. The summed E-state index contributed by atoms with van der Waals surface area (Å²) in [4.78, 5) is 22.9. The van der Waals surface area contributed by atoms with E-state index in [0.29, 0.717) is 98.2 Å². The summed E-state index contributed by atoms with van der Waals surface area (Å²) in [6.45, 7) is 10.2. The Morgan fingerprint density at radius 1 is 0.605 bits per heavy atom. The van der Waals surface area contributed by atoms with E-state index in [2.05, 4.69) is 6.92 Å². The molecule has 11 nitrogen and oxygen atoms in total. The minimum atomic E-state index is -0.931. The third-order valence-electron chi connectivity index (χ3n) is 4.96. The van der Waals surface area contributed by atoms with E-state index in [1.165, 1.54) is 11.8 Å². The van der Waals surface area contributed by atoms with Crippen molar-refractivity contribution in [1.82, 2.24) is 0 Å². The second-order valence-electron chi connectivity index (χ2n) is 8.24. The summed E-state index contributed by atoms with van der Waals surface area (Å²) in [5.41, 5.74) is 0. The average molecular weight is 571 g/mol. The second kappa shape index (κ2) is 30.7. The fourth-order valence-corrected chi connectivity index (χ4v) is 3.53. The molecule has 0 saturated heterocycles. The van der Waals surface area contributed by atoms with E-state index in [0.717, 1.165) is 19.4 Å². The third kappa shape index (κ3) is 28.2. The van der Waals surface area contributed by atoms with Gasteiger partial charge in [-0.3, -0.25) is 9.59 Å². The van der Waals surface area contributed by atoms with Crippen molar-refractivity contribution < 1.29 is 52.6 Å². The number of carbonyl (C=O) groups excluding carboxylic acids is 1. The minimum Gasteiger partial charge on any atom is -0.481 e. The predicted octanol–water partition coefficient (Wildman–Crippen LogP) is 2.33. The molecule has 0 fully saturated rings. The molecule has 0 aliphatic rings. The zero-order chi connectivity index (χ0) is 27.9. The lowest BCUT2D eigenvalue weighted by atomic mass is 10.0. The van der Waals surface area contributed by atoms with Gasteiger partial charge in [-0.1, -0.05) is 13.3 Å². The van der Waals surface area contributed by atoms with Crippen LogP contribution in [0.1, 0.15) is 32.6 Å². The van der Waals surface area contributed by atoms with Crippen LogP contribution in [-0.2, 0) is 47.5 Å². The van der Waals surface area contributed by atoms with Gasteiger partial charge in [-0.2, -0.15) is 11.8 Å². The van der Waals surface area contributed by atoms with Crippen LogP contribution in [0.25, 0.3) is 0 Å². The van der Waals surface area contributed by atoms with E-state index in [4.69, 9.17) is 43.0 Å². The molecular formula is C26H50O11S. The zero-order valence-corrected chi connectivity index (χ0v) is 24.2. The highest BCUT2D eigenvalue weighted by atomic mass is 32.2. The molecule has 0 aliphatic carbocycles. The Labute approximate surface area is 232 Å². The van der Waals surface area contributed by atoms with E-state index in [1.54, 1.807) is 0 Å². The van der Waals surface area contributed by atoms with Crippen molar-refractivity contribution in [1.29, 1.82) is 0 Å². The molecule has 0 aromatic carbocycles. The molecule has 0 spiro atoms. The van der Waals surface area contributed by atoms with Gasteiger partial charge in [0.15, 0.2) is 0 Å². The molecule has 12 heteroatoms. The number of hydrogen-bond acceptors (Lipinski definition) is 11. The first-order chi connectivity index (χ1) is 18.6. The molecule has 0 heterocycles. The average Bonchev–Trinajstić information content (AvgIpc) is 2.90. The Morgan fingerprint density at radius 2 is 0.947 bits per heavy atom. The molecule has 0 aliphatic heterocycles. The van der Waals surface area contributed by atoms with Gasteiger partial charge in [0.25, 0.3) is 0 Å². The number of ether oxygens (including phenoxy) is 8. The normalized spacial score (nSPS) is 12.2. The molecule has 0 amide bonds. The number of carboxylic acid groups (broad SMARTS) is 1. The lowest BCUT2D eigenvalue weighted by Gasteiger charge is -2.10. The van der Waals surface area contributed by atoms with Crippen molar-refractivity contribution in [3.63, 3.8) is 0 Å². The van der Waals surface area contributed by atoms with Gasteiger partial charge in [-0.15, -0.1) is 0 Å². The molecule has 38 heavy (non-hydrogen) atoms. The molecule has 1 N–H and O–H groups in total. The largest absolute Gasteiger partial charge is 0.481 e. The summed E-state index contributed by atoms with van der Waals surface area (Å²) >= 11 is 1.42. The number of aliphatic carboxylic acids is 1. The van der Waals surface area contributed by atoms with Crippen LogP contribution in [0.3, 0.4) is 0 Å². The summed E-state index contributed by atoms with van der Waals surface area (Å²) in [6.07, 6.45) is 4.31. The lowest BCUT2D eigenvalue weighted by Crippen LogP contribution is -2.21.